The van der Waals surface area contributed by atoms with Crippen LogP contribution in [0.4, 0.5) is 5.13 Å². The van der Waals surface area contributed by atoms with E-state index in [2.05, 4.69) is 30.6 Å². The molecule has 0 radical (unpaired) electrons. The molecule has 0 aliphatic carbocycles. The van der Waals surface area contributed by atoms with Gasteiger partial charge in [0, 0.05) is 22.4 Å². The molecule has 1 heterocycles. The fourth-order valence-electron chi connectivity index (χ4n) is 1.54. The summed E-state index contributed by atoms with van der Waals surface area (Å²) in [6.45, 7) is 2.20. The predicted octanol–water partition coefficient (Wildman–Crippen LogP) is 4.06. The monoisotopic (exact) mass is 389 g/mol. The molecule has 0 unspecified atom stereocenters. The number of nitrogens with zero attached hydrogens (tertiary/aromatic N) is 2. The highest BCUT2D eigenvalue weighted by Crippen LogP contribution is 2.27. The second kappa shape index (κ2) is 7.72. The van der Waals surface area contributed by atoms with E-state index in [4.69, 9.17) is 16.3 Å². The van der Waals surface area contributed by atoms with Crippen LogP contribution >= 0.6 is 39.1 Å². The van der Waals surface area contributed by atoms with Crippen molar-refractivity contribution in [1.29, 1.82) is 0 Å². The van der Waals surface area contributed by atoms with Gasteiger partial charge in [0.1, 0.15) is 11.6 Å². The lowest BCUT2D eigenvalue weighted by Crippen LogP contribution is -2.12. The molecule has 1 N–H and O–H groups in total. The molecule has 21 heavy (non-hydrogen) atoms. The molecule has 5 nitrogen and oxygen atoms in total. The van der Waals surface area contributed by atoms with Crippen molar-refractivity contribution in [1.82, 2.24) is 9.36 Å². The Morgan fingerprint density at radius 1 is 1.52 bits per heavy atom. The van der Waals surface area contributed by atoms with Gasteiger partial charge >= 0.3 is 0 Å². The van der Waals surface area contributed by atoms with Crippen LogP contribution in [0.25, 0.3) is 0 Å². The Bertz CT molecular complexity index is 636. The Kier molecular flexibility index (Phi) is 5.96. The molecular weight excluding hydrogens is 378 g/mol. The minimum absolute atomic E-state index is 0.100. The van der Waals surface area contributed by atoms with Gasteiger partial charge in [-0.2, -0.15) is 4.37 Å². The number of nitrogens with one attached hydrogen (secondary N) is 1. The summed E-state index contributed by atoms with van der Waals surface area (Å²) in [5.41, 5.74) is 0. The molecule has 0 aliphatic heterocycles. The third kappa shape index (κ3) is 5.26. The zero-order chi connectivity index (χ0) is 15.2. The van der Waals surface area contributed by atoms with E-state index in [1.54, 1.807) is 19.1 Å². The van der Waals surface area contributed by atoms with Gasteiger partial charge in [-0.3, -0.25) is 4.79 Å². The average Bonchev–Trinajstić information content (AvgIpc) is 2.82. The maximum Gasteiger partial charge on any atom is 0.226 e. The van der Waals surface area contributed by atoms with Crippen LogP contribution in [-0.2, 0) is 4.79 Å². The van der Waals surface area contributed by atoms with E-state index in [0.29, 0.717) is 41.2 Å². The number of hydrogen-bond donors (Lipinski definition) is 1. The van der Waals surface area contributed by atoms with E-state index in [-0.39, 0.29) is 5.91 Å². The predicted molar refractivity (Wildman–Crippen MR) is 87.2 cm³/mol. The summed E-state index contributed by atoms with van der Waals surface area (Å²) < 4.78 is 10.4. The molecule has 112 valence electrons. The van der Waals surface area contributed by atoms with Gasteiger partial charge in [-0.1, -0.05) is 27.5 Å². The number of rotatable bonds is 6. The summed E-state index contributed by atoms with van der Waals surface area (Å²) in [4.78, 5) is 15.8. The summed E-state index contributed by atoms with van der Waals surface area (Å²) in [6, 6.07) is 5.41. The van der Waals surface area contributed by atoms with Crippen molar-refractivity contribution in [3.8, 4) is 5.75 Å². The third-order valence-corrected chi connectivity index (χ3v) is 3.98. The zero-order valence-electron chi connectivity index (χ0n) is 11.2. The smallest absolute Gasteiger partial charge is 0.226 e. The molecular formula is C13H13BrClN3O2S. The van der Waals surface area contributed by atoms with E-state index >= 15 is 0 Å². The normalized spacial score (nSPS) is 10.4. The summed E-state index contributed by atoms with van der Waals surface area (Å²) in [6.07, 6.45) is 0.947. The molecule has 0 saturated heterocycles. The van der Waals surface area contributed by atoms with E-state index in [1.807, 2.05) is 6.07 Å². The van der Waals surface area contributed by atoms with Gasteiger partial charge in [0.25, 0.3) is 0 Å². The van der Waals surface area contributed by atoms with E-state index in [0.717, 1.165) is 4.47 Å². The Labute approximate surface area is 140 Å². The van der Waals surface area contributed by atoms with Gasteiger partial charge in [-0.25, -0.2) is 4.98 Å². The van der Waals surface area contributed by atoms with Crippen molar-refractivity contribution < 1.29 is 9.53 Å². The molecule has 1 amide bonds. The molecule has 0 spiro atoms. The Morgan fingerprint density at radius 2 is 2.33 bits per heavy atom. The lowest BCUT2D eigenvalue weighted by Gasteiger charge is -2.08. The van der Waals surface area contributed by atoms with Gasteiger partial charge < -0.3 is 10.1 Å². The number of benzene rings is 1. The molecule has 0 bridgehead atoms. The topological polar surface area (TPSA) is 64.1 Å². The number of carbonyl (C=O) groups is 1. The summed E-state index contributed by atoms with van der Waals surface area (Å²) in [5.74, 6) is 1.17. The average molecular weight is 391 g/mol. The zero-order valence-corrected chi connectivity index (χ0v) is 14.4. The minimum Gasteiger partial charge on any atom is -0.492 e. The van der Waals surface area contributed by atoms with Gasteiger partial charge in [0.05, 0.1) is 11.6 Å². The SMILES string of the molecule is Cc1nsc(NC(=O)CCCOc2ccc(Br)cc2Cl)n1. The number of hydrogen-bond acceptors (Lipinski definition) is 5. The largest absolute Gasteiger partial charge is 0.492 e. The highest BCUT2D eigenvalue weighted by atomic mass is 79.9. The maximum absolute atomic E-state index is 11.7. The van der Waals surface area contributed by atoms with Crippen LogP contribution in [-0.4, -0.2) is 21.9 Å². The fourth-order valence-corrected chi connectivity index (χ4v) is 2.86. The van der Waals surface area contributed by atoms with Crippen LogP contribution in [0.2, 0.25) is 5.02 Å². The van der Waals surface area contributed by atoms with Crippen molar-refractivity contribution in [2.75, 3.05) is 11.9 Å². The first-order valence-corrected chi connectivity index (χ1v) is 8.17. The van der Waals surface area contributed by atoms with Gasteiger partial charge in [-0.15, -0.1) is 0 Å². The first kappa shape index (κ1) is 16.2. The standard InChI is InChI=1S/C13H13BrClN3O2S/c1-8-16-13(21-18-8)17-12(19)3-2-6-20-11-5-4-9(14)7-10(11)15/h4-5,7H,2-3,6H2,1H3,(H,16,17,18,19). The summed E-state index contributed by atoms with van der Waals surface area (Å²) >= 11 is 10.5. The van der Waals surface area contributed by atoms with Crippen LogP contribution < -0.4 is 10.1 Å². The van der Waals surface area contributed by atoms with Crippen LogP contribution in [0.1, 0.15) is 18.7 Å². The summed E-state index contributed by atoms with van der Waals surface area (Å²) in [7, 11) is 0. The molecule has 0 aliphatic rings. The minimum atomic E-state index is -0.100. The van der Waals surface area contributed by atoms with Crippen molar-refractivity contribution in [3.05, 3.63) is 33.5 Å². The Morgan fingerprint density at radius 3 is 3.00 bits per heavy atom. The lowest BCUT2D eigenvalue weighted by molar-refractivity contribution is -0.116. The molecule has 0 saturated carbocycles. The molecule has 1 aromatic carbocycles. The molecule has 2 aromatic rings. The molecule has 0 atom stereocenters. The number of aromatic nitrogens is 2. The number of aryl methyl sites for hydroxylation is 1. The second-order valence-electron chi connectivity index (χ2n) is 4.22. The lowest BCUT2D eigenvalue weighted by atomic mass is 10.3. The first-order valence-electron chi connectivity index (χ1n) is 6.22. The summed E-state index contributed by atoms with van der Waals surface area (Å²) in [5, 5.41) is 3.76. The molecule has 2 rings (SSSR count). The van der Waals surface area contributed by atoms with Crippen LogP contribution in [0.5, 0.6) is 5.75 Å². The van der Waals surface area contributed by atoms with Crippen molar-refractivity contribution in [2.24, 2.45) is 0 Å². The van der Waals surface area contributed by atoms with Crippen LogP contribution in [0.15, 0.2) is 22.7 Å². The number of ether oxygens (including phenoxy) is 1. The number of amides is 1. The molecule has 1 aromatic heterocycles. The van der Waals surface area contributed by atoms with Crippen LogP contribution in [0, 0.1) is 6.92 Å². The molecule has 8 heteroatoms. The van der Waals surface area contributed by atoms with E-state index in [1.165, 1.54) is 11.5 Å². The number of halogens is 2. The fraction of sp³-hybridized carbons (Fsp3) is 0.308. The third-order valence-electron chi connectivity index (χ3n) is 2.47. The van der Waals surface area contributed by atoms with Gasteiger partial charge in [0.2, 0.25) is 11.0 Å². The van der Waals surface area contributed by atoms with Gasteiger partial charge in [-0.05, 0) is 31.5 Å². The van der Waals surface area contributed by atoms with E-state index < -0.39 is 0 Å². The van der Waals surface area contributed by atoms with Crippen molar-refractivity contribution in [3.63, 3.8) is 0 Å². The van der Waals surface area contributed by atoms with Crippen molar-refractivity contribution in [2.45, 2.75) is 19.8 Å². The van der Waals surface area contributed by atoms with Crippen molar-refractivity contribution >= 4 is 50.1 Å². The van der Waals surface area contributed by atoms with E-state index in [9.17, 15) is 4.79 Å². The molecule has 0 fully saturated rings. The quantitative estimate of drug-likeness (QED) is 0.755. The highest BCUT2D eigenvalue weighted by Gasteiger charge is 2.07. The Hall–Kier alpha value is -1.18. The van der Waals surface area contributed by atoms with Crippen LogP contribution in [0.3, 0.4) is 0 Å². The first-order chi connectivity index (χ1) is 10.0. The number of anilines is 1. The number of carbonyl (C=O) groups excluding carboxylic acids is 1. The Balaban J connectivity index is 1.70. The maximum atomic E-state index is 11.7. The second-order valence-corrected chi connectivity index (χ2v) is 6.30. The van der Waals surface area contributed by atoms with Gasteiger partial charge in [0.15, 0.2) is 0 Å². The highest BCUT2D eigenvalue weighted by molar-refractivity contribution is 9.10.